The predicted octanol–water partition coefficient (Wildman–Crippen LogP) is 6.70. The number of alkyl carbamates (subject to hydrolysis) is 1. The molecule has 7 heteroatoms. The number of nitrogens with two attached hydrogens (primary N) is 1. The van der Waals surface area contributed by atoms with Crippen molar-refractivity contribution in [3.63, 3.8) is 0 Å². The quantitative estimate of drug-likeness (QED) is 0.316. The zero-order valence-corrected chi connectivity index (χ0v) is 23.2. The SMILES string of the molecule is C=CC.CC/C=C/COc1cc(N)cc([C@H](C)NC(=O)OC(C)(C)C)c1.CCOC.CCOC. The smallest absolute Gasteiger partial charge is 0.408 e. The standard InChI is InChI=1S/C18H28N2O3.2C3H8O.C3H6/c1-6-7-8-9-22-16-11-14(10-15(19)12-16)13(2)20-17(21)23-18(3,4)5;2*1-3-4-2;1-3-2/h7-8,10-13H,6,9,19H2,1-5H3,(H,20,21);2*3H2,1-2H3;3H,1H2,2H3/b8-7+;;;/t13-;;;/m0.../s1. The Balaban J connectivity index is -0.000000730. The van der Waals surface area contributed by atoms with Crippen LogP contribution in [0.25, 0.3) is 0 Å². The van der Waals surface area contributed by atoms with Crippen LogP contribution in [-0.4, -0.2) is 45.7 Å². The van der Waals surface area contributed by atoms with Gasteiger partial charge in [0, 0.05) is 39.2 Å². The van der Waals surface area contributed by atoms with Crippen molar-refractivity contribution in [3.8, 4) is 5.75 Å². The highest BCUT2D eigenvalue weighted by Gasteiger charge is 2.18. The molecular weight excluding hydrogens is 432 g/mol. The molecule has 1 aromatic rings. The minimum Gasteiger partial charge on any atom is -0.489 e. The number of rotatable bonds is 8. The molecule has 0 aliphatic heterocycles. The maximum Gasteiger partial charge on any atom is 0.408 e. The fourth-order valence-corrected chi connectivity index (χ4v) is 1.93. The molecule has 0 heterocycles. The number of amides is 1. The first-order valence-corrected chi connectivity index (χ1v) is 11.7. The van der Waals surface area contributed by atoms with Crippen LogP contribution < -0.4 is 15.8 Å². The van der Waals surface area contributed by atoms with Crippen molar-refractivity contribution in [3.05, 3.63) is 48.6 Å². The molecule has 34 heavy (non-hydrogen) atoms. The molecule has 0 aliphatic carbocycles. The first-order chi connectivity index (χ1) is 16.0. The van der Waals surface area contributed by atoms with Crippen LogP contribution in [0, 0.1) is 0 Å². The number of hydrogen-bond acceptors (Lipinski definition) is 6. The molecule has 1 aromatic carbocycles. The van der Waals surface area contributed by atoms with E-state index in [1.54, 1.807) is 26.4 Å². The van der Waals surface area contributed by atoms with E-state index in [2.05, 4.69) is 28.3 Å². The summed E-state index contributed by atoms with van der Waals surface area (Å²) < 4.78 is 20.0. The summed E-state index contributed by atoms with van der Waals surface area (Å²) in [6, 6.07) is 5.22. The highest BCUT2D eigenvalue weighted by Crippen LogP contribution is 2.24. The van der Waals surface area contributed by atoms with Gasteiger partial charge in [-0.1, -0.05) is 25.2 Å². The number of allylic oxidation sites excluding steroid dienone is 2. The molecular formula is C27H50N2O5. The van der Waals surface area contributed by atoms with Gasteiger partial charge in [0.1, 0.15) is 18.0 Å². The number of ether oxygens (including phenoxy) is 4. The summed E-state index contributed by atoms with van der Waals surface area (Å²) in [6.45, 7) is 20.7. The minimum absolute atomic E-state index is 0.234. The van der Waals surface area contributed by atoms with Gasteiger partial charge in [-0.25, -0.2) is 4.79 Å². The first-order valence-electron chi connectivity index (χ1n) is 11.7. The highest BCUT2D eigenvalue weighted by molar-refractivity contribution is 5.68. The Morgan fingerprint density at radius 1 is 1.09 bits per heavy atom. The van der Waals surface area contributed by atoms with Crippen molar-refractivity contribution in [1.82, 2.24) is 5.32 Å². The van der Waals surface area contributed by atoms with Gasteiger partial charge in [0.2, 0.25) is 0 Å². The molecule has 3 N–H and O–H groups in total. The second kappa shape index (κ2) is 23.6. The number of carbonyl (C=O) groups excluding carboxylic acids is 1. The topological polar surface area (TPSA) is 92.0 Å². The van der Waals surface area contributed by atoms with E-state index >= 15 is 0 Å². The van der Waals surface area contributed by atoms with Crippen molar-refractivity contribution in [1.29, 1.82) is 0 Å². The third kappa shape index (κ3) is 25.7. The van der Waals surface area contributed by atoms with Gasteiger partial charge in [0.25, 0.3) is 0 Å². The zero-order chi connectivity index (χ0) is 27.0. The van der Waals surface area contributed by atoms with E-state index in [1.807, 2.05) is 72.8 Å². The predicted molar refractivity (Wildman–Crippen MR) is 145 cm³/mol. The number of methoxy groups -OCH3 is 2. The monoisotopic (exact) mass is 482 g/mol. The van der Waals surface area contributed by atoms with Crippen LogP contribution in [0.3, 0.4) is 0 Å². The Labute approximate surface area is 208 Å². The van der Waals surface area contributed by atoms with Crippen LogP contribution in [0.4, 0.5) is 10.5 Å². The summed E-state index contributed by atoms with van der Waals surface area (Å²) in [6.07, 6.45) is 6.27. The first kappa shape index (κ1) is 36.1. The maximum atomic E-state index is 11.9. The van der Waals surface area contributed by atoms with E-state index in [0.717, 1.165) is 25.2 Å². The van der Waals surface area contributed by atoms with Gasteiger partial charge in [-0.05, 0) is 72.6 Å². The van der Waals surface area contributed by atoms with Crippen molar-refractivity contribution < 1.29 is 23.7 Å². The lowest BCUT2D eigenvalue weighted by atomic mass is 10.1. The van der Waals surface area contributed by atoms with Crippen molar-refractivity contribution in [2.45, 2.75) is 73.5 Å². The van der Waals surface area contributed by atoms with Crippen LogP contribution in [0.5, 0.6) is 5.75 Å². The van der Waals surface area contributed by atoms with Gasteiger partial charge in [0.15, 0.2) is 0 Å². The van der Waals surface area contributed by atoms with Gasteiger partial charge >= 0.3 is 6.09 Å². The number of anilines is 1. The van der Waals surface area contributed by atoms with E-state index in [9.17, 15) is 4.79 Å². The van der Waals surface area contributed by atoms with Crippen molar-refractivity contribution in [2.24, 2.45) is 0 Å². The lowest BCUT2D eigenvalue weighted by Crippen LogP contribution is -2.34. The van der Waals surface area contributed by atoms with E-state index in [1.165, 1.54) is 0 Å². The van der Waals surface area contributed by atoms with Gasteiger partial charge in [-0.2, -0.15) is 0 Å². The van der Waals surface area contributed by atoms with Gasteiger partial charge < -0.3 is 30.0 Å². The summed E-state index contributed by atoms with van der Waals surface area (Å²) in [5.74, 6) is 0.679. The second-order valence-electron chi connectivity index (χ2n) is 7.96. The molecule has 1 rings (SSSR count). The number of carbonyl (C=O) groups is 1. The molecule has 1 amide bonds. The molecule has 0 unspecified atom stereocenters. The third-order valence-electron chi connectivity index (χ3n) is 3.51. The van der Waals surface area contributed by atoms with Crippen molar-refractivity contribution >= 4 is 11.8 Å². The van der Waals surface area contributed by atoms with E-state index < -0.39 is 11.7 Å². The molecule has 0 fully saturated rings. The lowest BCUT2D eigenvalue weighted by Gasteiger charge is -2.22. The van der Waals surface area contributed by atoms with Gasteiger partial charge in [-0.3, -0.25) is 0 Å². The number of nitrogens with one attached hydrogen (secondary N) is 1. The largest absolute Gasteiger partial charge is 0.489 e. The molecule has 7 nitrogen and oxygen atoms in total. The van der Waals surface area contributed by atoms with Crippen LogP contribution in [-0.2, 0) is 14.2 Å². The van der Waals surface area contributed by atoms with Crippen LogP contribution in [0.1, 0.15) is 73.4 Å². The Morgan fingerprint density at radius 3 is 2.00 bits per heavy atom. The molecule has 0 bridgehead atoms. The van der Waals surface area contributed by atoms with E-state index in [0.29, 0.717) is 18.0 Å². The summed E-state index contributed by atoms with van der Waals surface area (Å²) in [5, 5.41) is 2.80. The third-order valence-corrected chi connectivity index (χ3v) is 3.51. The molecule has 0 aliphatic rings. The second-order valence-corrected chi connectivity index (χ2v) is 7.96. The molecule has 1 atom stereocenters. The normalized spacial score (nSPS) is 10.9. The Kier molecular flexibility index (Phi) is 25.1. The molecule has 198 valence electrons. The fourth-order valence-electron chi connectivity index (χ4n) is 1.93. The molecule has 0 aromatic heterocycles. The summed E-state index contributed by atoms with van der Waals surface area (Å²) in [5.41, 5.74) is 6.85. The summed E-state index contributed by atoms with van der Waals surface area (Å²) in [4.78, 5) is 11.9. The van der Waals surface area contributed by atoms with Crippen molar-refractivity contribution in [2.75, 3.05) is 39.8 Å². The zero-order valence-electron chi connectivity index (χ0n) is 23.2. The Morgan fingerprint density at radius 2 is 1.59 bits per heavy atom. The van der Waals surface area contributed by atoms with Crippen LogP contribution >= 0.6 is 0 Å². The van der Waals surface area contributed by atoms with Crippen LogP contribution in [0.2, 0.25) is 0 Å². The lowest BCUT2D eigenvalue weighted by molar-refractivity contribution is 0.0508. The number of nitrogen functional groups attached to an aromatic ring is 1. The fraction of sp³-hybridized carbons (Fsp3) is 0.593. The van der Waals surface area contributed by atoms with E-state index in [4.69, 9.17) is 15.2 Å². The maximum absolute atomic E-state index is 11.9. The Hall–Kier alpha value is -2.51. The van der Waals surface area contributed by atoms with Gasteiger partial charge in [-0.15, -0.1) is 6.58 Å². The summed E-state index contributed by atoms with van der Waals surface area (Å²) >= 11 is 0. The molecule has 0 radical (unpaired) electrons. The number of hydrogen-bond donors (Lipinski definition) is 2. The number of benzene rings is 1. The Bertz CT molecular complexity index is 647. The molecule has 0 spiro atoms. The molecule has 0 saturated heterocycles. The van der Waals surface area contributed by atoms with E-state index in [-0.39, 0.29) is 6.04 Å². The highest BCUT2D eigenvalue weighted by atomic mass is 16.6. The molecule has 0 saturated carbocycles. The van der Waals surface area contributed by atoms with Crippen LogP contribution in [0.15, 0.2) is 43.0 Å². The average molecular weight is 483 g/mol. The van der Waals surface area contributed by atoms with Gasteiger partial charge in [0.05, 0.1) is 6.04 Å². The minimum atomic E-state index is -0.528. The average Bonchev–Trinajstić information content (AvgIpc) is 2.76. The summed E-state index contributed by atoms with van der Waals surface area (Å²) in [7, 11) is 3.36.